The number of aromatic nitrogens is 2. The van der Waals surface area contributed by atoms with Crippen LogP contribution in [0.25, 0.3) is 5.69 Å². The maximum absolute atomic E-state index is 5.58. The van der Waals surface area contributed by atoms with Gasteiger partial charge in [0.2, 0.25) is 0 Å². The molecule has 1 heterocycles. The number of nitrogens with zero attached hydrogens (tertiary/aromatic N) is 2. The van der Waals surface area contributed by atoms with Crippen molar-refractivity contribution in [2.45, 2.75) is 20.4 Å². The Kier molecular flexibility index (Phi) is 3.12. The van der Waals surface area contributed by atoms with E-state index in [1.54, 1.807) is 0 Å². The first-order valence-corrected chi connectivity index (χ1v) is 5.93. The predicted octanol–water partition coefficient (Wildman–Crippen LogP) is 2.71. The van der Waals surface area contributed by atoms with Crippen molar-refractivity contribution in [2.75, 3.05) is 0 Å². The zero-order valence-corrected chi connectivity index (χ0v) is 11.0. The first-order chi connectivity index (χ1) is 7.61. The van der Waals surface area contributed by atoms with Crippen molar-refractivity contribution in [1.29, 1.82) is 0 Å². The monoisotopic (exact) mass is 279 g/mol. The molecule has 0 fully saturated rings. The molecule has 3 nitrogen and oxygen atoms in total. The average molecular weight is 280 g/mol. The van der Waals surface area contributed by atoms with Crippen LogP contribution in [-0.2, 0) is 6.54 Å². The van der Waals surface area contributed by atoms with E-state index in [9.17, 15) is 0 Å². The molecule has 0 radical (unpaired) electrons. The van der Waals surface area contributed by atoms with Crippen molar-refractivity contribution in [3.05, 3.63) is 45.7 Å². The molecule has 4 heteroatoms. The molecule has 0 aliphatic heterocycles. The Balaban J connectivity index is 2.49. The van der Waals surface area contributed by atoms with Gasteiger partial charge >= 0.3 is 0 Å². The van der Waals surface area contributed by atoms with Crippen LogP contribution in [0.4, 0.5) is 0 Å². The summed E-state index contributed by atoms with van der Waals surface area (Å²) in [4.78, 5) is 0. The van der Waals surface area contributed by atoms with E-state index >= 15 is 0 Å². The second kappa shape index (κ2) is 4.39. The van der Waals surface area contributed by atoms with Gasteiger partial charge in [0, 0.05) is 16.7 Å². The third-order valence-corrected chi connectivity index (χ3v) is 3.42. The summed E-state index contributed by atoms with van der Waals surface area (Å²) in [6.07, 6.45) is 0. The summed E-state index contributed by atoms with van der Waals surface area (Å²) in [5, 5.41) is 4.45. The van der Waals surface area contributed by atoms with E-state index in [-0.39, 0.29) is 0 Å². The van der Waals surface area contributed by atoms with Crippen molar-refractivity contribution in [3.8, 4) is 5.69 Å². The minimum Gasteiger partial charge on any atom is -0.325 e. The van der Waals surface area contributed by atoms with E-state index in [1.165, 1.54) is 5.56 Å². The van der Waals surface area contributed by atoms with Crippen LogP contribution in [0.5, 0.6) is 0 Å². The molecule has 0 spiro atoms. The van der Waals surface area contributed by atoms with Crippen molar-refractivity contribution < 1.29 is 0 Å². The smallest absolute Gasteiger partial charge is 0.0767 e. The molecule has 0 atom stereocenters. The molecule has 1 aromatic carbocycles. The molecule has 0 bridgehead atoms. The summed E-state index contributed by atoms with van der Waals surface area (Å²) in [6.45, 7) is 4.57. The van der Waals surface area contributed by atoms with E-state index in [0.717, 1.165) is 21.5 Å². The van der Waals surface area contributed by atoms with Crippen LogP contribution in [0.2, 0.25) is 0 Å². The largest absolute Gasteiger partial charge is 0.325 e. The molecule has 0 aliphatic carbocycles. The van der Waals surface area contributed by atoms with Crippen molar-refractivity contribution in [1.82, 2.24) is 9.78 Å². The van der Waals surface area contributed by atoms with Crippen molar-refractivity contribution in [3.63, 3.8) is 0 Å². The van der Waals surface area contributed by atoms with E-state index < -0.39 is 0 Å². The highest BCUT2D eigenvalue weighted by molar-refractivity contribution is 9.10. The van der Waals surface area contributed by atoms with Crippen LogP contribution in [0, 0.1) is 13.8 Å². The molecule has 0 saturated carbocycles. The van der Waals surface area contributed by atoms with Gasteiger partial charge in [-0.1, -0.05) is 15.9 Å². The Hall–Kier alpha value is -1.13. The first-order valence-electron chi connectivity index (χ1n) is 5.14. The minimum absolute atomic E-state index is 0.476. The van der Waals surface area contributed by atoms with Gasteiger partial charge in [-0.05, 0) is 43.7 Å². The normalized spacial score (nSPS) is 10.8. The Bertz CT molecular complexity index is 517. The van der Waals surface area contributed by atoms with E-state index in [2.05, 4.69) is 34.0 Å². The summed E-state index contributed by atoms with van der Waals surface area (Å²) in [5.41, 5.74) is 9.86. The van der Waals surface area contributed by atoms with Crippen LogP contribution in [0.1, 0.15) is 17.0 Å². The number of hydrogen-bond donors (Lipinski definition) is 1. The number of nitrogens with two attached hydrogens (primary N) is 1. The quantitative estimate of drug-likeness (QED) is 0.919. The maximum atomic E-state index is 5.58. The van der Waals surface area contributed by atoms with Gasteiger partial charge in [-0.2, -0.15) is 5.10 Å². The van der Waals surface area contributed by atoms with Crippen molar-refractivity contribution in [2.24, 2.45) is 5.73 Å². The predicted molar refractivity (Wildman–Crippen MR) is 68.6 cm³/mol. The second-order valence-corrected chi connectivity index (χ2v) is 4.68. The van der Waals surface area contributed by atoms with Gasteiger partial charge in [0.15, 0.2) is 0 Å². The molecule has 84 valence electrons. The lowest BCUT2D eigenvalue weighted by Crippen LogP contribution is -2.02. The average Bonchev–Trinajstić information content (AvgIpc) is 2.64. The Morgan fingerprint density at radius 2 is 2.06 bits per heavy atom. The topological polar surface area (TPSA) is 43.8 Å². The second-order valence-electron chi connectivity index (χ2n) is 3.83. The van der Waals surface area contributed by atoms with Crippen molar-refractivity contribution >= 4 is 15.9 Å². The van der Waals surface area contributed by atoms with E-state index in [0.29, 0.717) is 6.54 Å². The molecule has 2 aromatic rings. The summed E-state index contributed by atoms with van der Waals surface area (Å²) < 4.78 is 3.03. The number of hydrogen-bond acceptors (Lipinski definition) is 2. The molecule has 0 amide bonds. The highest BCUT2D eigenvalue weighted by atomic mass is 79.9. The molecule has 0 saturated heterocycles. The summed E-state index contributed by atoms with van der Waals surface area (Å²) in [7, 11) is 0. The van der Waals surface area contributed by atoms with Crippen LogP contribution in [-0.4, -0.2) is 9.78 Å². The molecule has 16 heavy (non-hydrogen) atoms. The molecule has 2 N–H and O–H groups in total. The third kappa shape index (κ3) is 2.03. The lowest BCUT2D eigenvalue weighted by atomic mass is 10.2. The van der Waals surface area contributed by atoms with Crippen LogP contribution in [0.15, 0.2) is 28.7 Å². The van der Waals surface area contributed by atoms with Gasteiger partial charge < -0.3 is 5.73 Å². The molecule has 1 aromatic heterocycles. The maximum Gasteiger partial charge on any atom is 0.0767 e. The minimum atomic E-state index is 0.476. The zero-order chi connectivity index (χ0) is 11.7. The number of rotatable bonds is 2. The molecule has 2 rings (SSSR count). The summed E-state index contributed by atoms with van der Waals surface area (Å²) in [6, 6.07) is 8.19. The lowest BCUT2D eigenvalue weighted by molar-refractivity contribution is 0.811. The lowest BCUT2D eigenvalue weighted by Gasteiger charge is -2.06. The fourth-order valence-electron chi connectivity index (χ4n) is 1.66. The third-order valence-electron chi connectivity index (χ3n) is 2.53. The SMILES string of the molecule is Cc1cc(-n2nc(CN)cc2C)ccc1Br. The van der Waals surface area contributed by atoms with Gasteiger partial charge in [-0.15, -0.1) is 0 Å². The number of halogens is 1. The zero-order valence-electron chi connectivity index (χ0n) is 9.37. The number of aryl methyl sites for hydroxylation is 2. The Morgan fingerprint density at radius 3 is 2.62 bits per heavy atom. The standard InChI is InChI=1S/C12H14BrN3/c1-8-5-11(3-4-12(8)13)16-9(2)6-10(7-14)15-16/h3-6H,7,14H2,1-2H3. The van der Waals surface area contributed by atoms with Gasteiger partial charge in [-0.25, -0.2) is 4.68 Å². The molecule has 0 aliphatic rings. The highest BCUT2D eigenvalue weighted by Gasteiger charge is 2.06. The van der Waals surface area contributed by atoms with Gasteiger partial charge in [0.1, 0.15) is 0 Å². The molecule has 0 unspecified atom stereocenters. The molecular weight excluding hydrogens is 266 g/mol. The Labute approximate surface area is 103 Å². The van der Waals surface area contributed by atoms with Crippen LogP contribution >= 0.6 is 15.9 Å². The fourth-order valence-corrected chi connectivity index (χ4v) is 1.91. The summed E-state index contributed by atoms with van der Waals surface area (Å²) in [5.74, 6) is 0. The van der Waals surface area contributed by atoms with Gasteiger partial charge in [0.05, 0.1) is 11.4 Å². The highest BCUT2D eigenvalue weighted by Crippen LogP contribution is 2.20. The van der Waals surface area contributed by atoms with Crippen LogP contribution in [0.3, 0.4) is 0 Å². The van der Waals surface area contributed by atoms with Gasteiger partial charge in [-0.3, -0.25) is 0 Å². The summed E-state index contributed by atoms with van der Waals surface area (Å²) >= 11 is 3.49. The number of benzene rings is 1. The van der Waals surface area contributed by atoms with Gasteiger partial charge in [0.25, 0.3) is 0 Å². The van der Waals surface area contributed by atoms with E-state index in [4.69, 9.17) is 5.73 Å². The fraction of sp³-hybridized carbons (Fsp3) is 0.250. The Morgan fingerprint density at radius 1 is 1.31 bits per heavy atom. The molecular formula is C12H14BrN3. The van der Waals surface area contributed by atoms with E-state index in [1.807, 2.05) is 29.8 Å². The first kappa shape index (κ1) is 11.4. The van der Waals surface area contributed by atoms with Crippen LogP contribution < -0.4 is 5.73 Å².